The van der Waals surface area contributed by atoms with Crippen LogP contribution in [0.4, 0.5) is 0 Å². The van der Waals surface area contributed by atoms with Gasteiger partial charge in [-0.15, -0.1) is 35.2 Å². The Balaban J connectivity index is 4.35. The average Bonchev–Trinajstić information content (AvgIpc) is 2.53. The monoisotopic (exact) mass is 296 g/mol. The van der Waals surface area contributed by atoms with E-state index in [-0.39, 0.29) is 6.71 Å². The number of unbranched alkanes of at least 4 members (excludes halogenated alkanes) is 9. The van der Waals surface area contributed by atoms with Gasteiger partial charge in [-0.25, -0.2) is 0 Å². The van der Waals surface area contributed by atoms with Crippen LogP contribution in [0.2, 0.25) is 0 Å². The van der Waals surface area contributed by atoms with Crippen LogP contribution in [0.25, 0.3) is 0 Å². The largest absolute Gasteiger partial charge is 0.395 e. The van der Waals surface area contributed by atoms with Gasteiger partial charge in [-0.1, -0.05) is 59.3 Å². The molecule has 0 aliphatic rings. The van der Waals surface area contributed by atoms with Crippen molar-refractivity contribution in [2.24, 2.45) is 0 Å². The molecule has 0 amide bonds. The van der Waals surface area contributed by atoms with E-state index < -0.39 is 0 Å². The van der Waals surface area contributed by atoms with Crippen molar-refractivity contribution in [2.45, 2.75) is 97.8 Å². The third-order valence-electron chi connectivity index (χ3n) is 3.46. The van der Waals surface area contributed by atoms with E-state index in [2.05, 4.69) is 56.0 Å². The van der Waals surface area contributed by atoms with E-state index in [1.165, 1.54) is 57.8 Å². The number of rotatable bonds is 9. The lowest BCUT2D eigenvalue weighted by molar-refractivity contribution is 0.737. The average molecular weight is 296 g/mol. The third-order valence-corrected chi connectivity index (χ3v) is 3.46. The van der Waals surface area contributed by atoms with Gasteiger partial charge < -0.3 is 0 Å². The highest BCUT2D eigenvalue weighted by Gasteiger charge is 2.01. The summed E-state index contributed by atoms with van der Waals surface area (Å²) in [5.74, 6) is 19.6. The van der Waals surface area contributed by atoms with Gasteiger partial charge in [0.1, 0.15) is 0 Å². The van der Waals surface area contributed by atoms with E-state index in [1.54, 1.807) is 0 Å². The van der Waals surface area contributed by atoms with E-state index >= 15 is 0 Å². The fourth-order valence-corrected chi connectivity index (χ4v) is 2.02. The summed E-state index contributed by atoms with van der Waals surface area (Å²) in [4.78, 5) is 0. The second-order valence-electron chi connectivity index (χ2n) is 5.77. The Morgan fingerprint density at radius 3 is 1.09 bits per heavy atom. The highest BCUT2D eigenvalue weighted by atomic mass is 13.9. The molecular formula is C21H33B. The van der Waals surface area contributed by atoms with Crippen molar-refractivity contribution < 1.29 is 0 Å². The standard InChI is InChI=1S/C21H33B/c1-4-7-10-13-16-19-22(20-17-14-11-8-5-2)21-18-15-12-9-6-3/h4-15H2,1-3H3. The molecule has 0 saturated heterocycles. The van der Waals surface area contributed by atoms with Crippen LogP contribution in [0, 0.1) is 35.2 Å². The Hall–Kier alpha value is -1.26. The maximum absolute atomic E-state index is 3.27. The summed E-state index contributed by atoms with van der Waals surface area (Å²) in [6.07, 6.45) is 14.1. The smallest absolute Gasteiger partial charge is 0.121 e. The van der Waals surface area contributed by atoms with Crippen molar-refractivity contribution in [3.63, 3.8) is 0 Å². The van der Waals surface area contributed by atoms with Crippen LogP contribution in [0.1, 0.15) is 97.8 Å². The van der Waals surface area contributed by atoms with Crippen LogP contribution in [-0.4, -0.2) is 6.71 Å². The molecule has 0 radical (unpaired) electrons. The van der Waals surface area contributed by atoms with Crippen LogP contribution in [0.15, 0.2) is 0 Å². The molecule has 0 aliphatic carbocycles. The van der Waals surface area contributed by atoms with Crippen LogP contribution in [0.3, 0.4) is 0 Å². The molecule has 0 saturated carbocycles. The van der Waals surface area contributed by atoms with Crippen molar-refractivity contribution in [2.75, 3.05) is 0 Å². The van der Waals surface area contributed by atoms with E-state index in [0.717, 1.165) is 19.3 Å². The highest BCUT2D eigenvalue weighted by molar-refractivity contribution is 6.82. The molecule has 0 fully saturated rings. The van der Waals surface area contributed by atoms with E-state index in [9.17, 15) is 0 Å². The molecule has 0 unspecified atom stereocenters. The summed E-state index contributed by atoms with van der Waals surface area (Å²) >= 11 is 0. The minimum Gasteiger partial charge on any atom is -0.121 e. The fourth-order valence-electron chi connectivity index (χ4n) is 2.02. The fraction of sp³-hybridized carbons (Fsp3) is 0.714. The topological polar surface area (TPSA) is 0 Å². The quantitative estimate of drug-likeness (QED) is 0.284. The van der Waals surface area contributed by atoms with Crippen molar-refractivity contribution in [1.82, 2.24) is 0 Å². The molecule has 0 N–H and O–H groups in total. The molecule has 0 nitrogen and oxygen atoms in total. The first-order valence-corrected chi connectivity index (χ1v) is 9.30. The van der Waals surface area contributed by atoms with Gasteiger partial charge in [-0.05, 0) is 19.3 Å². The Morgan fingerprint density at radius 2 is 0.818 bits per heavy atom. The maximum atomic E-state index is 3.27. The summed E-state index contributed by atoms with van der Waals surface area (Å²) in [5.41, 5.74) is 0. The van der Waals surface area contributed by atoms with Gasteiger partial charge >= 0.3 is 6.71 Å². The Kier molecular flexibility index (Phi) is 16.8. The lowest BCUT2D eigenvalue weighted by Crippen LogP contribution is -2.04. The summed E-state index contributed by atoms with van der Waals surface area (Å²) < 4.78 is 0. The summed E-state index contributed by atoms with van der Waals surface area (Å²) in [6.45, 7) is 6.63. The molecule has 1 heteroatoms. The predicted octanol–water partition coefficient (Wildman–Crippen LogP) is 5.85. The van der Waals surface area contributed by atoms with Crippen molar-refractivity contribution in [3.8, 4) is 35.2 Å². The Morgan fingerprint density at radius 1 is 0.500 bits per heavy atom. The van der Waals surface area contributed by atoms with E-state index in [4.69, 9.17) is 0 Å². The van der Waals surface area contributed by atoms with Gasteiger partial charge in [-0.3, -0.25) is 0 Å². The van der Waals surface area contributed by atoms with E-state index in [1.807, 2.05) is 0 Å². The van der Waals surface area contributed by atoms with Gasteiger partial charge in [0, 0.05) is 19.3 Å². The lowest BCUT2D eigenvalue weighted by atomic mass is 9.52. The summed E-state index contributed by atoms with van der Waals surface area (Å²) in [7, 11) is 0. The maximum Gasteiger partial charge on any atom is 0.395 e. The van der Waals surface area contributed by atoms with Crippen LogP contribution in [0.5, 0.6) is 0 Å². The van der Waals surface area contributed by atoms with E-state index in [0.29, 0.717) is 0 Å². The zero-order valence-corrected chi connectivity index (χ0v) is 15.1. The molecule has 22 heavy (non-hydrogen) atoms. The summed E-state index contributed by atoms with van der Waals surface area (Å²) in [5, 5.41) is 0. The Labute approximate surface area is 140 Å². The molecule has 0 spiro atoms. The Bertz CT molecular complexity index is 349. The zero-order valence-electron chi connectivity index (χ0n) is 15.1. The van der Waals surface area contributed by atoms with Gasteiger partial charge in [0.05, 0.1) is 0 Å². The van der Waals surface area contributed by atoms with Crippen LogP contribution < -0.4 is 0 Å². The molecular weight excluding hydrogens is 263 g/mol. The third kappa shape index (κ3) is 15.1. The minimum atomic E-state index is -0.0371. The van der Waals surface area contributed by atoms with Gasteiger partial charge in [0.2, 0.25) is 0 Å². The first kappa shape index (κ1) is 20.7. The minimum absolute atomic E-state index is 0.0371. The molecule has 0 bridgehead atoms. The molecule has 0 aromatic carbocycles. The van der Waals surface area contributed by atoms with Crippen molar-refractivity contribution in [1.29, 1.82) is 0 Å². The molecule has 0 aromatic rings. The molecule has 0 aliphatic heterocycles. The first-order chi connectivity index (χ1) is 10.8. The number of hydrogen-bond donors (Lipinski definition) is 0. The van der Waals surface area contributed by atoms with Gasteiger partial charge in [-0.2, -0.15) is 0 Å². The molecule has 0 atom stereocenters. The van der Waals surface area contributed by atoms with Crippen molar-refractivity contribution >= 4 is 6.71 Å². The lowest BCUT2D eigenvalue weighted by Gasteiger charge is -1.91. The van der Waals surface area contributed by atoms with Gasteiger partial charge in [0.25, 0.3) is 0 Å². The van der Waals surface area contributed by atoms with Crippen LogP contribution >= 0.6 is 0 Å². The number of hydrogen-bond acceptors (Lipinski definition) is 0. The molecule has 0 aromatic heterocycles. The predicted molar refractivity (Wildman–Crippen MR) is 102 cm³/mol. The SMILES string of the molecule is CCCCCC#CB(C#CCCCCC)C#CCCCCC. The second kappa shape index (κ2) is 17.8. The normalized spacial score (nSPS) is 8.86. The summed E-state index contributed by atoms with van der Waals surface area (Å²) in [6, 6.07) is 0. The zero-order chi connectivity index (χ0) is 16.3. The van der Waals surface area contributed by atoms with Crippen LogP contribution in [-0.2, 0) is 0 Å². The molecule has 0 rings (SSSR count). The molecule has 120 valence electrons. The highest BCUT2D eigenvalue weighted by Crippen LogP contribution is 1.99. The first-order valence-electron chi connectivity index (χ1n) is 9.30. The second-order valence-corrected chi connectivity index (χ2v) is 5.77. The molecule has 0 heterocycles. The van der Waals surface area contributed by atoms with Gasteiger partial charge in [0.15, 0.2) is 0 Å². The van der Waals surface area contributed by atoms with Crippen molar-refractivity contribution in [3.05, 3.63) is 0 Å².